The highest BCUT2D eigenvalue weighted by Crippen LogP contribution is 2.17. The number of hydrogen-bond acceptors (Lipinski definition) is 4. The van der Waals surface area contributed by atoms with Gasteiger partial charge in [-0.15, -0.1) is 0 Å². The number of rotatable bonds is 2. The van der Waals surface area contributed by atoms with Gasteiger partial charge in [0.2, 0.25) is 0 Å². The van der Waals surface area contributed by atoms with Crippen molar-refractivity contribution in [1.29, 1.82) is 0 Å². The van der Waals surface area contributed by atoms with Crippen LogP contribution in [0.4, 0.5) is 5.69 Å². The van der Waals surface area contributed by atoms with E-state index in [2.05, 4.69) is 10.5 Å². The molecule has 1 aliphatic heterocycles. The van der Waals surface area contributed by atoms with Gasteiger partial charge in [0.05, 0.1) is 12.2 Å². The molecule has 3 N–H and O–H groups in total. The summed E-state index contributed by atoms with van der Waals surface area (Å²) in [5.41, 5.74) is 11.0. The van der Waals surface area contributed by atoms with Crippen molar-refractivity contribution in [1.82, 2.24) is 5.43 Å². The summed E-state index contributed by atoms with van der Waals surface area (Å²) in [4.78, 5) is 0. The van der Waals surface area contributed by atoms with E-state index in [1.165, 1.54) is 0 Å². The van der Waals surface area contributed by atoms with Crippen LogP contribution in [0.15, 0.2) is 29.4 Å². The Morgan fingerprint density at radius 3 is 2.64 bits per heavy atom. The summed E-state index contributed by atoms with van der Waals surface area (Å²) < 4.78 is 0. The van der Waals surface area contributed by atoms with Crippen LogP contribution in [0.1, 0.15) is 18.5 Å². The number of nitrogens with one attached hydrogen (secondary N) is 1. The normalized spacial score (nSPS) is 17.4. The second kappa shape index (κ2) is 3.77. The fourth-order valence-electron chi connectivity index (χ4n) is 1.37. The van der Waals surface area contributed by atoms with Crippen LogP contribution in [0.25, 0.3) is 0 Å². The van der Waals surface area contributed by atoms with Gasteiger partial charge in [-0.2, -0.15) is 10.2 Å². The van der Waals surface area contributed by atoms with E-state index in [0.717, 1.165) is 17.8 Å². The maximum Gasteiger partial charge on any atom is 0.0779 e. The SMILES string of the molecule is CC(N)c1ccc(N2N=CCN2)cc1. The standard InChI is InChI=1S/C10H14N4/c1-8(11)9-2-4-10(5-3-9)14-12-6-7-13-14/h2-6,8,13H,7,11H2,1H3. The average molecular weight is 190 g/mol. The Kier molecular flexibility index (Phi) is 2.47. The first-order valence-electron chi connectivity index (χ1n) is 4.69. The molecule has 14 heavy (non-hydrogen) atoms. The van der Waals surface area contributed by atoms with Crippen LogP contribution >= 0.6 is 0 Å². The molecular weight excluding hydrogens is 176 g/mol. The summed E-state index contributed by atoms with van der Waals surface area (Å²) in [6.45, 7) is 2.76. The van der Waals surface area contributed by atoms with Gasteiger partial charge in [0.25, 0.3) is 0 Å². The van der Waals surface area contributed by atoms with Crippen molar-refractivity contribution in [3.63, 3.8) is 0 Å². The quantitative estimate of drug-likeness (QED) is 0.732. The van der Waals surface area contributed by atoms with E-state index in [-0.39, 0.29) is 6.04 Å². The lowest BCUT2D eigenvalue weighted by Gasteiger charge is -2.14. The molecule has 1 aliphatic rings. The molecular formula is C10H14N4. The molecule has 0 saturated heterocycles. The van der Waals surface area contributed by atoms with Crippen molar-refractivity contribution in [2.24, 2.45) is 10.8 Å². The first kappa shape index (κ1) is 9.18. The molecule has 2 rings (SSSR count). The first-order valence-corrected chi connectivity index (χ1v) is 4.69. The third-order valence-electron chi connectivity index (χ3n) is 2.19. The molecule has 0 radical (unpaired) electrons. The van der Waals surface area contributed by atoms with Gasteiger partial charge < -0.3 is 5.73 Å². The predicted molar refractivity (Wildman–Crippen MR) is 58.0 cm³/mol. The van der Waals surface area contributed by atoms with Gasteiger partial charge in [0.15, 0.2) is 0 Å². The number of hydrazone groups is 1. The summed E-state index contributed by atoms with van der Waals surface area (Å²) in [5.74, 6) is 0. The molecule has 0 saturated carbocycles. The Morgan fingerprint density at radius 1 is 1.43 bits per heavy atom. The fraction of sp³-hybridized carbons (Fsp3) is 0.300. The molecule has 0 bridgehead atoms. The van der Waals surface area contributed by atoms with Gasteiger partial charge in [-0.25, -0.2) is 5.43 Å². The molecule has 0 amide bonds. The molecule has 4 heteroatoms. The van der Waals surface area contributed by atoms with Crippen LogP contribution in [0.3, 0.4) is 0 Å². The minimum atomic E-state index is 0.0825. The predicted octanol–water partition coefficient (Wildman–Crippen LogP) is 1.02. The molecule has 1 atom stereocenters. The van der Waals surface area contributed by atoms with E-state index in [0.29, 0.717) is 0 Å². The van der Waals surface area contributed by atoms with Crippen LogP contribution < -0.4 is 16.3 Å². The van der Waals surface area contributed by atoms with Crippen LogP contribution in [0.5, 0.6) is 0 Å². The Bertz CT molecular complexity index is 328. The molecule has 1 aromatic carbocycles. The van der Waals surface area contributed by atoms with Crippen LogP contribution in [-0.2, 0) is 0 Å². The number of benzene rings is 1. The Balaban J connectivity index is 2.17. The van der Waals surface area contributed by atoms with E-state index < -0.39 is 0 Å². The van der Waals surface area contributed by atoms with E-state index in [4.69, 9.17) is 5.73 Å². The second-order valence-corrected chi connectivity index (χ2v) is 3.35. The lowest BCUT2D eigenvalue weighted by Crippen LogP contribution is -2.28. The van der Waals surface area contributed by atoms with E-state index in [1.54, 1.807) is 5.12 Å². The average Bonchev–Trinajstić information content (AvgIpc) is 2.71. The molecule has 0 spiro atoms. The van der Waals surface area contributed by atoms with Crippen LogP contribution in [0, 0.1) is 0 Å². The minimum absolute atomic E-state index is 0.0825. The maximum absolute atomic E-state index is 5.76. The molecule has 0 fully saturated rings. The molecule has 4 nitrogen and oxygen atoms in total. The zero-order valence-electron chi connectivity index (χ0n) is 8.14. The Labute approximate surface area is 83.4 Å². The summed E-state index contributed by atoms with van der Waals surface area (Å²) in [6.07, 6.45) is 1.83. The Morgan fingerprint density at radius 2 is 2.14 bits per heavy atom. The molecule has 74 valence electrons. The van der Waals surface area contributed by atoms with Crippen molar-refractivity contribution >= 4 is 11.9 Å². The van der Waals surface area contributed by atoms with Gasteiger partial charge in [-0.05, 0) is 24.6 Å². The van der Waals surface area contributed by atoms with E-state index in [1.807, 2.05) is 37.4 Å². The monoisotopic (exact) mass is 190 g/mol. The number of nitrogens with two attached hydrogens (primary N) is 1. The van der Waals surface area contributed by atoms with Crippen molar-refractivity contribution in [2.45, 2.75) is 13.0 Å². The highest BCUT2D eigenvalue weighted by molar-refractivity contribution is 5.65. The molecule has 1 heterocycles. The fourth-order valence-corrected chi connectivity index (χ4v) is 1.37. The highest BCUT2D eigenvalue weighted by atomic mass is 15.7. The van der Waals surface area contributed by atoms with Crippen molar-refractivity contribution in [2.75, 3.05) is 11.7 Å². The molecule has 0 aromatic heterocycles. The third-order valence-corrected chi connectivity index (χ3v) is 2.19. The summed E-state index contributed by atoms with van der Waals surface area (Å²) >= 11 is 0. The van der Waals surface area contributed by atoms with Gasteiger partial charge >= 0.3 is 0 Å². The van der Waals surface area contributed by atoms with Crippen molar-refractivity contribution in [3.8, 4) is 0 Å². The van der Waals surface area contributed by atoms with Crippen molar-refractivity contribution in [3.05, 3.63) is 29.8 Å². The molecule has 1 unspecified atom stereocenters. The van der Waals surface area contributed by atoms with E-state index in [9.17, 15) is 0 Å². The lowest BCUT2D eigenvalue weighted by molar-refractivity contribution is 0.755. The first-order chi connectivity index (χ1) is 6.77. The van der Waals surface area contributed by atoms with Gasteiger partial charge in [-0.1, -0.05) is 12.1 Å². The van der Waals surface area contributed by atoms with Crippen LogP contribution in [0.2, 0.25) is 0 Å². The molecule has 1 aromatic rings. The zero-order chi connectivity index (χ0) is 9.97. The van der Waals surface area contributed by atoms with Gasteiger partial charge in [0, 0.05) is 12.3 Å². The largest absolute Gasteiger partial charge is 0.324 e. The summed E-state index contributed by atoms with van der Waals surface area (Å²) in [5, 5.41) is 5.90. The number of hydrazine groups is 1. The lowest BCUT2D eigenvalue weighted by atomic mass is 10.1. The van der Waals surface area contributed by atoms with Crippen molar-refractivity contribution < 1.29 is 0 Å². The number of nitrogens with zero attached hydrogens (tertiary/aromatic N) is 2. The van der Waals surface area contributed by atoms with E-state index >= 15 is 0 Å². The zero-order valence-corrected chi connectivity index (χ0v) is 8.14. The molecule has 0 aliphatic carbocycles. The summed E-state index contributed by atoms with van der Waals surface area (Å²) in [6, 6.07) is 8.15. The van der Waals surface area contributed by atoms with Gasteiger partial charge in [-0.3, -0.25) is 0 Å². The highest BCUT2D eigenvalue weighted by Gasteiger charge is 2.07. The second-order valence-electron chi connectivity index (χ2n) is 3.35. The van der Waals surface area contributed by atoms with Gasteiger partial charge in [0.1, 0.15) is 0 Å². The van der Waals surface area contributed by atoms with Crippen LogP contribution in [-0.4, -0.2) is 12.8 Å². The minimum Gasteiger partial charge on any atom is -0.324 e. The number of hydrogen-bond donors (Lipinski definition) is 2. The Hall–Kier alpha value is -1.39. The topological polar surface area (TPSA) is 53.6 Å². The summed E-state index contributed by atoms with van der Waals surface area (Å²) in [7, 11) is 0. The number of anilines is 1. The maximum atomic E-state index is 5.76. The smallest absolute Gasteiger partial charge is 0.0779 e. The third kappa shape index (κ3) is 1.76.